The van der Waals surface area contributed by atoms with E-state index in [-0.39, 0.29) is 5.91 Å². The van der Waals surface area contributed by atoms with E-state index in [0.717, 1.165) is 11.4 Å². The van der Waals surface area contributed by atoms with Gasteiger partial charge in [0.25, 0.3) is 5.91 Å². The minimum Gasteiger partial charge on any atom is -0.345 e. The summed E-state index contributed by atoms with van der Waals surface area (Å²) in [6.45, 7) is 1.87. The monoisotopic (exact) mass is 263 g/mol. The lowest BCUT2D eigenvalue weighted by molar-refractivity contribution is 0.0827. The van der Waals surface area contributed by atoms with Gasteiger partial charge in [0.05, 0.1) is 23.1 Å². The number of nitrogens with zero attached hydrogens (tertiary/aromatic N) is 3. The lowest BCUT2D eigenvalue weighted by Gasteiger charge is -2.10. The third kappa shape index (κ3) is 2.24. The lowest BCUT2D eigenvalue weighted by Crippen LogP contribution is -2.22. The minimum atomic E-state index is -0.0548. The molecule has 0 atom stereocenters. The number of hydrogen-bond donors (Lipinski definition) is 0. The zero-order chi connectivity index (χ0) is 13.3. The Labute approximate surface area is 111 Å². The zero-order valence-corrected chi connectivity index (χ0v) is 11.3. The minimum absolute atomic E-state index is 0.0548. The van der Waals surface area contributed by atoms with Crippen molar-refractivity contribution in [1.29, 1.82) is 0 Å². The Balaban J connectivity index is 2.46. The summed E-state index contributed by atoms with van der Waals surface area (Å²) in [7, 11) is 3.44. The molecule has 1 aromatic heterocycles. The summed E-state index contributed by atoms with van der Waals surface area (Å²) in [5, 5.41) is 4.88. The molecule has 5 heteroatoms. The van der Waals surface area contributed by atoms with Gasteiger partial charge in [0.15, 0.2) is 0 Å². The highest BCUT2D eigenvalue weighted by molar-refractivity contribution is 6.30. The van der Waals surface area contributed by atoms with Crippen LogP contribution in [0.5, 0.6) is 0 Å². The molecule has 0 N–H and O–H groups in total. The average Bonchev–Trinajstić information content (AvgIpc) is 2.70. The highest BCUT2D eigenvalue weighted by atomic mass is 35.5. The fourth-order valence-corrected chi connectivity index (χ4v) is 1.91. The first-order valence-electron chi connectivity index (χ1n) is 5.53. The molecule has 0 spiro atoms. The molecule has 0 unspecified atom stereocenters. The molecule has 94 valence electrons. The number of hydrogen-bond acceptors (Lipinski definition) is 2. The molecule has 0 saturated carbocycles. The Morgan fingerprint density at radius 1 is 1.39 bits per heavy atom. The van der Waals surface area contributed by atoms with Gasteiger partial charge < -0.3 is 4.90 Å². The Hall–Kier alpha value is -1.81. The van der Waals surface area contributed by atoms with Gasteiger partial charge in [0, 0.05) is 19.1 Å². The van der Waals surface area contributed by atoms with E-state index in [9.17, 15) is 4.79 Å². The van der Waals surface area contributed by atoms with Gasteiger partial charge in [-0.2, -0.15) is 5.10 Å². The third-order valence-corrected chi connectivity index (χ3v) is 2.93. The Kier molecular flexibility index (Phi) is 3.39. The van der Waals surface area contributed by atoms with Gasteiger partial charge >= 0.3 is 0 Å². The average molecular weight is 264 g/mol. The van der Waals surface area contributed by atoms with Gasteiger partial charge in [-0.1, -0.05) is 17.7 Å². The molecule has 1 heterocycles. The molecule has 0 bridgehead atoms. The SMILES string of the molecule is Cc1c(C(=O)N(C)C)cnn1-c1cccc(Cl)c1. The molecular weight excluding hydrogens is 250 g/mol. The Morgan fingerprint density at radius 3 is 2.72 bits per heavy atom. The van der Waals surface area contributed by atoms with Gasteiger partial charge in [0.1, 0.15) is 0 Å². The summed E-state index contributed by atoms with van der Waals surface area (Å²) in [5.74, 6) is -0.0548. The second-order valence-corrected chi connectivity index (χ2v) is 4.67. The van der Waals surface area contributed by atoms with Gasteiger partial charge in [-0.15, -0.1) is 0 Å². The molecule has 18 heavy (non-hydrogen) atoms. The first-order chi connectivity index (χ1) is 8.50. The van der Waals surface area contributed by atoms with Gasteiger partial charge in [0.2, 0.25) is 0 Å². The molecular formula is C13H14ClN3O. The van der Waals surface area contributed by atoms with Crippen molar-refractivity contribution in [2.24, 2.45) is 0 Å². The molecule has 0 fully saturated rings. The largest absolute Gasteiger partial charge is 0.345 e. The first kappa shape index (κ1) is 12.6. The van der Waals surface area contributed by atoms with Crippen LogP contribution in [-0.2, 0) is 0 Å². The molecule has 4 nitrogen and oxygen atoms in total. The van der Waals surface area contributed by atoms with E-state index >= 15 is 0 Å². The molecule has 1 aromatic carbocycles. The van der Waals surface area contributed by atoms with E-state index in [2.05, 4.69) is 5.10 Å². The van der Waals surface area contributed by atoms with E-state index < -0.39 is 0 Å². The summed E-state index contributed by atoms with van der Waals surface area (Å²) in [6.07, 6.45) is 1.58. The van der Waals surface area contributed by atoms with Crippen molar-refractivity contribution >= 4 is 17.5 Å². The lowest BCUT2D eigenvalue weighted by atomic mass is 10.2. The number of benzene rings is 1. The molecule has 0 aliphatic carbocycles. The van der Waals surface area contributed by atoms with Crippen LogP contribution in [0.25, 0.3) is 5.69 Å². The van der Waals surface area contributed by atoms with Gasteiger partial charge in [-0.05, 0) is 25.1 Å². The predicted molar refractivity (Wildman–Crippen MR) is 71.3 cm³/mol. The van der Waals surface area contributed by atoms with Crippen molar-refractivity contribution in [3.8, 4) is 5.69 Å². The number of aromatic nitrogens is 2. The van der Waals surface area contributed by atoms with Crippen LogP contribution in [0, 0.1) is 6.92 Å². The number of halogens is 1. The predicted octanol–water partition coefficient (Wildman–Crippen LogP) is 2.54. The molecule has 0 aliphatic rings. The van der Waals surface area contributed by atoms with Crippen LogP contribution in [-0.4, -0.2) is 34.7 Å². The van der Waals surface area contributed by atoms with Crippen LogP contribution < -0.4 is 0 Å². The van der Waals surface area contributed by atoms with Gasteiger partial charge in [-0.3, -0.25) is 4.79 Å². The fraction of sp³-hybridized carbons (Fsp3) is 0.231. The van der Waals surface area contributed by atoms with E-state index in [1.807, 2.05) is 25.1 Å². The van der Waals surface area contributed by atoms with E-state index in [1.165, 1.54) is 4.90 Å². The summed E-state index contributed by atoms with van der Waals surface area (Å²) in [4.78, 5) is 13.5. The summed E-state index contributed by atoms with van der Waals surface area (Å²) >= 11 is 5.95. The maximum atomic E-state index is 11.9. The van der Waals surface area contributed by atoms with Crippen molar-refractivity contribution in [2.45, 2.75) is 6.92 Å². The normalized spacial score (nSPS) is 10.4. The van der Waals surface area contributed by atoms with Crippen molar-refractivity contribution in [2.75, 3.05) is 14.1 Å². The van der Waals surface area contributed by atoms with Crippen molar-refractivity contribution < 1.29 is 4.79 Å². The summed E-state index contributed by atoms with van der Waals surface area (Å²) in [6, 6.07) is 7.36. The number of carbonyl (C=O) groups excluding carboxylic acids is 1. The van der Waals surface area contributed by atoms with Crippen LogP contribution in [0.15, 0.2) is 30.5 Å². The van der Waals surface area contributed by atoms with E-state index in [4.69, 9.17) is 11.6 Å². The molecule has 0 aliphatic heterocycles. The van der Waals surface area contributed by atoms with E-state index in [0.29, 0.717) is 10.6 Å². The smallest absolute Gasteiger partial charge is 0.256 e. The molecule has 2 aromatic rings. The maximum absolute atomic E-state index is 11.9. The number of rotatable bonds is 2. The molecule has 1 amide bonds. The number of carbonyl (C=O) groups is 1. The Morgan fingerprint density at radius 2 is 2.11 bits per heavy atom. The molecule has 0 radical (unpaired) electrons. The van der Waals surface area contributed by atoms with Crippen molar-refractivity contribution in [3.63, 3.8) is 0 Å². The van der Waals surface area contributed by atoms with Crippen LogP contribution in [0.2, 0.25) is 5.02 Å². The first-order valence-corrected chi connectivity index (χ1v) is 5.90. The fourth-order valence-electron chi connectivity index (χ4n) is 1.73. The van der Waals surface area contributed by atoms with E-state index in [1.54, 1.807) is 31.0 Å². The third-order valence-electron chi connectivity index (χ3n) is 2.70. The highest BCUT2D eigenvalue weighted by Gasteiger charge is 2.16. The summed E-state index contributed by atoms with van der Waals surface area (Å²) in [5.41, 5.74) is 2.24. The van der Waals surface area contributed by atoms with Crippen LogP contribution in [0.4, 0.5) is 0 Å². The van der Waals surface area contributed by atoms with Crippen molar-refractivity contribution in [3.05, 3.63) is 46.7 Å². The van der Waals surface area contributed by atoms with Gasteiger partial charge in [-0.25, -0.2) is 4.68 Å². The second-order valence-electron chi connectivity index (χ2n) is 4.23. The second kappa shape index (κ2) is 4.82. The van der Waals surface area contributed by atoms with Crippen LogP contribution in [0.3, 0.4) is 0 Å². The summed E-state index contributed by atoms with van der Waals surface area (Å²) < 4.78 is 1.71. The van der Waals surface area contributed by atoms with Crippen LogP contribution in [0.1, 0.15) is 16.1 Å². The maximum Gasteiger partial charge on any atom is 0.256 e. The molecule has 0 saturated heterocycles. The number of amides is 1. The zero-order valence-electron chi connectivity index (χ0n) is 10.5. The van der Waals surface area contributed by atoms with Crippen molar-refractivity contribution in [1.82, 2.24) is 14.7 Å². The van der Waals surface area contributed by atoms with Crippen LogP contribution >= 0.6 is 11.6 Å². The standard InChI is InChI=1S/C13H14ClN3O/c1-9-12(13(18)16(2)3)8-15-17(9)11-6-4-5-10(14)7-11/h4-8H,1-3H3. The molecule has 2 rings (SSSR count). The highest BCUT2D eigenvalue weighted by Crippen LogP contribution is 2.18. The quantitative estimate of drug-likeness (QED) is 0.835. The topological polar surface area (TPSA) is 38.1 Å². The Bertz CT molecular complexity index is 590.